The van der Waals surface area contributed by atoms with Crippen LogP contribution >= 0.6 is 18.9 Å². The van der Waals surface area contributed by atoms with Crippen molar-refractivity contribution < 1.29 is 17.9 Å². The van der Waals surface area contributed by atoms with Gasteiger partial charge in [0.1, 0.15) is 0 Å². The van der Waals surface area contributed by atoms with E-state index in [0.717, 1.165) is 31.5 Å². The molecule has 3 rings (SSSR count). The third-order valence-corrected chi connectivity index (χ3v) is 7.00. The van der Waals surface area contributed by atoms with Crippen LogP contribution in [0.4, 0.5) is 8.78 Å². The van der Waals surface area contributed by atoms with Crippen molar-refractivity contribution in [1.29, 1.82) is 0 Å². The van der Waals surface area contributed by atoms with Crippen molar-refractivity contribution in [3.8, 4) is 11.4 Å². The van der Waals surface area contributed by atoms with E-state index < -0.39 is 18.6 Å². The number of hydrogen-bond acceptors (Lipinski definition) is 4. The summed E-state index contributed by atoms with van der Waals surface area (Å²) >= 11 is 4.87. The molecule has 1 fully saturated rings. The monoisotopic (exact) mass is 389 g/mol. The lowest BCUT2D eigenvalue weighted by Gasteiger charge is -2.32. The molecule has 1 aromatic carbocycles. The van der Waals surface area contributed by atoms with Gasteiger partial charge in [-0.2, -0.15) is 13.8 Å². The number of hydrogen-bond donors (Lipinski definition) is 0. The second kappa shape index (κ2) is 7.14. The molecule has 5 nitrogen and oxygen atoms in total. The lowest BCUT2D eigenvalue weighted by molar-refractivity contribution is 0.0551. The lowest BCUT2D eigenvalue weighted by atomic mass is 10.1. The van der Waals surface area contributed by atoms with E-state index in [4.69, 9.17) is 11.6 Å². The van der Waals surface area contributed by atoms with Crippen molar-refractivity contribution in [2.24, 2.45) is 0 Å². The zero-order valence-electron chi connectivity index (χ0n) is 13.8. The van der Waals surface area contributed by atoms with Gasteiger partial charge in [-0.05, 0) is 30.0 Å². The Morgan fingerprint density at radius 2 is 1.88 bits per heavy atom. The molecule has 0 N–H and O–H groups in total. The highest BCUT2D eigenvalue weighted by atomic mass is 35.5. The molecular weight excluding hydrogens is 371 g/mol. The fourth-order valence-electron chi connectivity index (χ4n) is 2.95. The number of halogens is 3. The van der Waals surface area contributed by atoms with Crippen LogP contribution in [0.15, 0.2) is 28.8 Å². The van der Waals surface area contributed by atoms with Gasteiger partial charge in [0.05, 0.1) is 0 Å². The van der Waals surface area contributed by atoms with Crippen molar-refractivity contribution >= 4 is 18.9 Å². The smallest absolute Gasteiger partial charge is 0.331 e. The van der Waals surface area contributed by atoms with E-state index in [0.29, 0.717) is 11.7 Å². The van der Waals surface area contributed by atoms with E-state index in [1.165, 1.54) is 6.42 Å². The van der Waals surface area contributed by atoms with Crippen LogP contribution in [0.25, 0.3) is 11.4 Å². The first-order valence-corrected chi connectivity index (χ1v) is 10.7. The summed E-state index contributed by atoms with van der Waals surface area (Å²) in [7, 11) is -2.43. The molecule has 1 aliphatic rings. The zero-order chi connectivity index (χ0) is 18.1. The van der Waals surface area contributed by atoms with Crippen LogP contribution in [0.3, 0.4) is 0 Å². The predicted octanol–water partition coefficient (Wildman–Crippen LogP) is 4.92. The van der Waals surface area contributed by atoms with Crippen molar-refractivity contribution in [3.63, 3.8) is 0 Å². The Hall–Kier alpha value is -1.30. The first-order chi connectivity index (χ1) is 11.8. The SMILES string of the molecule is CP(=O)(Cc1ccc(-c2noc(C(F)(F)Cl)n2)cc1)N1CCCCC1. The van der Waals surface area contributed by atoms with Crippen LogP contribution in [-0.4, -0.2) is 34.6 Å². The van der Waals surface area contributed by atoms with Gasteiger partial charge in [-0.3, -0.25) is 4.67 Å². The average molecular weight is 390 g/mol. The van der Waals surface area contributed by atoms with E-state index in [2.05, 4.69) is 19.3 Å². The van der Waals surface area contributed by atoms with Gasteiger partial charge in [-0.25, -0.2) is 0 Å². The fourth-order valence-corrected chi connectivity index (χ4v) is 5.25. The van der Waals surface area contributed by atoms with E-state index in [1.54, 1.807) is 12.1 Å². The first kappa shape index (κ1) is 18.5. The molecule has 2 aromatic rings. The Morgan fingerprint density at radius 3 is 2.44 bits per heavy atom. The number of nitrogens with zero attached hydrogens (tertiary/aromatic N) is 3. The van der Waals surface area contributed by atoms with Crippen molar-refractivity contribution in [2.45, 2.75) is 30.8 Å². The number of piperidine rings is 1. The Bertz CT molecular complexity index is 770. The molecule has 0 bridgehead atoms. The highest BCUT2D eigenvalue weighted by Crippen LogP contribution is 2.50. The topological polar surface area (TPSA) is 59.2 Å². The van der Waals surface area contributed by atoms with Gasteiger partial charge in [0.15, 0.2) is 7.29 Å². The Labute approximate surface area is 149 Å². The summed E-state index contributed by atoms with van der Waals surface area (Å²) in [5.74, 6) is -0.894. The van der Waals surface area contributed by atoms with Crippen LogP contribution in [0, 0.1) is 0 Å². The first-order valence-electron chi connectivity index (χ1n) is 8.08. The standard InChI is InChI=1S/C16H19ClF2N3O2P/c1-25(23,22-9-3-2-4-10-22)11-12-5-7-13(8-6-12)14-20-15(24-21-14)16(17,18)19/h5-8H,2-4,9-11H2,1H3. The molecule has 9 heteroatoms. The highest BCUT2D eigenvalue weighted by Gasteiger charge is 2.35. The summed E-state index contributed by atoms with van der Waals surface area (Å²) in [6, 6.07) is 7.02. The minimum atomic E-state index is -3.69. The second-order valence-electron chi connectivity index (χ2n) is 6.34. The van der Waals surface area contributed by atoms with E-state index in [9.17, 15) is 13.3 Å². The molecule has 0 saturated carbocycles. The largest absolute Gasteiger partial charge is 0.400 e. The maximum atomic E-state index is 13.0. The third kappa shape index (κ3) is 4.46. The number of benzene rings is 1. The third-order valence-electron chi connectivity index (χ3n) is 4.29. The van der Waals surface area contributed by atoms with Crippen LogP contribution in [0.2, 0.25) is 0 Å². The normalized spacial score (nSPS) is 18.9. The molecule has 1 aromatic heterocycles. The Balaban J connectivity index is 1.72. The zero-order valence-corrected chi connectivity index (χ0v) is 15.4. The Morgan fingerprint density at radius 1 is 1.24 bits per heavy atom. The van der Waals surface area contributed by atoms with E-state index in [1.807, 2.05) is 18.8 Å². The number of rotatable bonds is 5. The average Bonchev–Trinajstić information content (AvgIpc) is 3.06. The van der Waals surface area contributed by atoms with Gasteiger partial charge in [-0.15, -0.1) is 0 Å². The highest BCUT2D eigenvalue weighted by molar-refractivity contribution is 7.59. The molecule has 0 spiro atoms. The fraction of sp³-hybridized carbons (Fsp3) is 0.500. The van der Waals surface area contributed by atoms with Gasteiger partial charge in [0, 0.05) is 31.5 Å². The van der Waals surface area contributed by atoms with Crippen LogP contribution in [-0.2, 0) is 16.1 Å². The summed E-state index contributed by atoms with van der Waals surface area (Å²) in [6.45, 7) is 3.58. The quantitative estimate of drug-likeness (QED) is 0.536. The molecule has 1 atom stereocenters. The summed E-state index contributed by atoms with van der Waals surface area (Å²) in [5, 5.41) is -0.169. The molecule has 0 aliphatic carbocycles. The van der Waals surface area contributed by atoms with Gasteiger partial charge in [-0.1, -0.05) is 35.8 Å². The van der Waals surface area contributed by atoms with Gasteiger partial charge in [0.2, 0.25) is 5.82 Å². The number of aromatic nitrogens is 2. The van der Waals surface area contributed by atoms with E-state index >= 15 is 0 Å². The molecule has 0 amide bonds. The predicted molar refractivity (Wildman–Crippen MR) is 92.1 cm³/mol. The van der Waals surface area contributed by atoms with Gasteiger partial charge < -0.3 is 9.09 Å². The van der Waals surface area contributed by atoms with E-state index in [-0.39, 0.29) is 5.82 Å². The number of alkyl halides is 3. The maximum Gasteiger partial charge on any atom is 0.400 e. The van der Waals surface area contributed by atoms with Gasteiger partial charge >= 0.3 is 11.3 Å². The molecule has 136 valence electrons. The second-order valence-corrected chi connectivity index (χ2v) is 9.80. The molecule has 2 heterocycles. The molecule has 1 saturated heterocycles. The molecular formula is C16H19ClF2N3O2P. The van der Waals surface area contributed by atoms with Crippen LogP contribution in [0.1, 0.15) is 30.7 Å². The molecule has 1 unspecified atom stereocenters. The molecule has 25 heavy (non-hydrogen) atoms. The van der Waals surface area contributed by atoms with Crippen molar-refractivity contribution in [1.82, 2.24) is 14.8 Å². The Kier molecular flexibility index (Phi) is 5.28. The van der Waals surface area contributed by atoms with Gasteiger partial charge in [0.25, 0.3) is 0 Å². The summed E-state index contributed by atoms with van der Waals surface area (Å²) < 4.78 is 45.5. The minimum Gasteiger partial charge on any atom is -0.331 e. The summed E-state index contributed by atoms with van der Waals surface area (Å²) in [5.41, 5.74) is 1.45. The molecule has 1 aliphatic heterocycles. The lowest BCUT2D eigenvalue weighted by Crippen LogP contribution is -2.27. The van der Waals surface area contributed by atoms with Crippen LogP contribution in [0.5, 0.6) is 0 Å². The minimum absolute atomic E-state index is 0.0394. The summed E-state index contributed by atoms with van der Waals surface area (Å²) in [4.78, 5) is 3.61. The summed E-state index contributed by atoms with van der Waals surface area (Å²) in [6.07, 6.45) is 3.84. The van der Waals surface area contributed by atoms with Crippen molar-refractivity contribution in [2.75, 3.05) is 19.8 Å². The molecule has 0 radical (unpaired) electrons. The van der Waals surface area contributed by atoms with Crippen LogP contribution < -0.4 is 0 Å². The maximum absolute atomic E-state index is 13.0. The van der Waals surface area contributed by atoms with Crippen molar-refractivity contribution in [3.05, 3.63) is 35.7 Å².